The Morgan fingerprint density at radius 1 is 1.26 bits per heavy atom. The number of hydrazine groups is 1. The molecule has 19 heavy (non-hydrogen) atoms. The molecule has 0 aromatic carbocycles. The summed E-state index contributed by atoms with van der Waals surface area (Å²) < 4.78 is 0. The molecule has 2 heterocycles. The van der Waals surface area contributed by atoms with Gasteiger partial charge in [0, 0.05) is 31.6 Å². The minimum absolute atomic E-state index is 0.172. The fourth-order valence-corrected chi connectivity index (χ4v) is 2.86. The summed E-state index contributed by atoms with van der Waals surface area (Å²) in [5.41, 5.74) is 2.82. The van der Waals surface area contributed by atoms with Gasteiger partial charge in [-0.3, -0.25) is 10.2 Å². The van der Waals surface area contributed by atoms with E-state index in [2.05, 4.69) is 41.5 Å². The maximum absolute atomic E-state index is 12.5. The van der Waals surface area contributed by atoms with Crippen molar-refractivity contribution >= 4 is 5.91 Å². The van der Waals surface area contributed by atoms with Crippen LogP contribution in [0.4, 0.5) is 0 Å². The van der Waals surface area contributed by atoms with E-state index in [-0.39, 0.29) is 11.3 Å². The van der Waals surface area contributed by atoms with E-state index >= 15 is 0 Å². The monoisotopic (exact) mass is 268 g/mol. The van der Waals surface area contributed by atoms with Gasteiger partial charge >= 0.3 is 0 Å². The van der Waals surface area contributed by atoms with Crippen LogP contribution in [0.1, 0.15) is 26.7 Å². The number of likely N-dealkylation sites (N-methyl/N-ethyl adjacent to an activating group) is 1. The Kier molecular flexibility index (Phi) is 4.81. The van der Waals surface area contributed by atoms with E-state index in [1.165, 1.54) is 6.42 Å². The molecule has 0 radical (unpaired) electrons. The third kappa shape index (κ3) is 3.68. The molecule has 2 fully saturated rings. The lowest BCUT2D eigenvalue weighted by Gasteiger charge is -2.39. The third-order valence-electron chi connectivity index (χ3n) is 4.67. The Hall–Kier alpha value is -0.650. The lowest BCUT2D eigenvalue weighted by atomic mass is 9.74. The number of hydrogen-bond donors (Lipinski definition) is 2. The van der Waals surface area contributed by atoms with Gasteiger partial charge in [-0.05, 0) is 38.9 Å². The second kappa shape index (κ2) is 6.20. The van der Waals surface area contributed by atoms with Gasteiger partial charge in [0.25, 0.3) is 0 Å². The number of amides is 1. The largest absolute Gasteiger partial charge is 0.316 e. The van der Waals surface area contributed by atoms with Crippen LogP contribution in [-0.4, -0.2) is 62.1 Å². The summed E-state index contributed by atoms with van der Waals surface area (Å²) in [5, 5.41) is 5.47. The number of rotatable bonds is 3. The standard InChI is InChI=1S/C14H28N4O/c1-14(2,12-5-4-6-15-11-12)13(19)16-18-9-7-17(3)8-10-18/h12,15H,4-11H2,1-3H3,(H,16,19). The van der Waals surface area contributed by atoms with Crippen molar-refractivity contribution in [3.05, 3.63) is 0 Å². The smallest absolute Gasteiger partial charge is 0.240 e. The van der Waals surface area contributed by atoms with E-state index in [0.717, 1.165) is 45.7 Å². The summed E-state index contributed by atoms with van der Waals surface area (Å²) in [6.45, 7) is 10.1. The molecule has 2 aliphatic heterocycles. The first-order chi connectivity index (χ1) is 9.00. The summed E-state index contributed by atoms with van der Waals surface area (Å²) in [5.74, 6) is 0.611. The van der Waals surface area contributed by atoms with Crippen LogP contribution >= 0.6 is 0 Å². The van der Waals surface area contributed by atoms with Gasteiger partial charge in [0.1, 0.15) is 0 Å². The van der Waals surface area contributed by atoms with Crippen molar-refractivity contribution in [1.82, 2.24) is 20.7 Å². The van der Waals surface area contributed by atoms with Crippen LogP contribution in [0.15, 0.2) is 0 Å². The molecule has 2 N–H and O–H groups in total. The maximum atomic E-state index is 12.5. The highest BCUT2D eigenvalue weighted by Gasteiger charge is 2.38. The third-order valence-corrected chi connectivity index (χ3v) is 4.67. The van der Waals surface area contributed by atoms with E-state index in [0.29, 0.717) is 5.92 Å². The molecule has 0 spiro atoms. The molecule has 110 valence electrons. The first-order valence-electron chi connectivity index (χ1n) is 7.45. The van der Waals surface area contributed by atoms with Crippen LogP contribution < -0.4 is 10.7 Å². The number of carbonyl (C=O) groups is 1. The van der Waals surface area contributed by atoms with Crippen LogP contribution in [0.2, 0.25) is 0 Å². The molecule has 1 amide bonds. The molecule has 2 rings (SSSR count). The van der Waals surface area contributed by atoms with Crippen LogP contribution in [0.3, 0.4) is 0 Å². The maximum Gasteiger partial charge on any atom is 0.240 e. The molecular weight excluding hydrogens is 240 g/mol. The van der Waals surface area contributed by atoms with Gasteiger partial charge in [-0.1, -0.05) is 13.8 Å². The zero-order valence-electron chi connectivity index (χ0n) is 12.5. The van der Waals surface area contributed by atoms with Crippen molar-refractivity contribution in [3.63, 3.8) is 0 Å². The average molecular weight is 268 g/mol. The second-order valence-electron chi connectivity index (χ2n) is 6.50. The molecule has 2 saturated heterocycles. The van der Waals surface area contributed by atoms with Gasteiger partial charge in [-0.25, -0.2) is 5.01 Å². The molecule has 2 aliphatic rings. The first-order valence-corrected chi connectivity index (χ1v) is 7.45. The van der Waals surface area contributed by atoms with Crippen molar-refractivity contribution in [1.29, 1.82) is 0 Å². The fourth-order valence-electron chi connectivity index (χ4n) is 2.86. The Labute approximate surface area is 116 Å². The summed E-state index contributed by atoms with van der Waals surface area (Å²) in [7, 11) is 2.12. The molecule has 0 aromatic heterocycles. The zero-order valence-corrected chi connectivity index (χ0v) is 12.5. The number of hydrogen-bond acceptors (Lipinski definition) is 4. The van der Waals surface area contributed by atoms with Crippen LogP contribution in [-0.2, 0) is 4.79 Å². The minimum atomic E-state index is -0.295. The number of carbonyl (C=O) groups excluding carboxylic acids is 1. The number of piperazine rings is 1. The van der Waals surface area contributed by atoms with Gasteiger partial charge < -0.3 is 10.2 Å². The van der Waals surface area contributed by atoms with Gasteiger partial charge in [0.2, 0.25) is 5.91 Å². The number of nitrogens with zero attached hydrogens (tertiary/aromatic N) is 2. The molecule has 5 nitrogen and oxygen atoms in total. The van der Waals surface area contributed by atoms with Gasteiger partial charge in [-0.15, -0.1) is 0 Å². The number of piperidine rings is 1. The van der Waals surface area contributed by atoms with Crippen molar-refractivity contribution in [2.24, 2.45) is 11.3 Å². The molecule has 0 bridgehead atoms. The van der Waals surface area contributed by atoms with Crippen molar-refractivity contribution < 1.29 is 4.79 Å². The van der Waals surface area contributed by atoms with Gasteiger partial charge in [-0.2, -0.15) is 0 Å². The molecule has 1 unspecified atom stereocenters. The Morgan fingerprint density at radius 3 is 2.53 bits per heavy atom. The van der Waals surface area contributed by atoms with Crippen molar-refractivity contribution in [2.75, 3.05) is 46.3 Å². The Bertz CT molecular complexity index is 305. The SMILES string of the molecule is CN1CCN(NC(=O)C(C)(C)C2CCCNC2)CC1. The van der Waals surface area contributed by atoms with E-state index < -0.39 is 0 Å². The van der Waals surface area contributed by atoms with E-state index in [1.807, 2.05) is 0 Å². The van der Waals surface area contributed by atoms with Crippen LogP contribution in [0.5, 0.6) is 0 Å². The molecule has 5 heteroatoms. The summed E-state index contributed by atoms with van der Waals surface area (Å²) in [6.07, 6.45) is 2.33. The average Bonchev–Trinajstić information content (AvgIpc) is 2.42. The summed E-state index contributed by atoms with van der Waals surface area (Å²) in [6, 6.07) is 0. The molecule has 0 aromatic rings. The summed E-state index contributed by atoms with van der Waals surface area (Å²) in [4.78, 5) is 14.8. The molecule has 0 saturated carbocycles. The summed E-state index contributed by atoms with van der Waals surface area (Å²) >= 11 is 0. The van der Waals surface area contributed by atoms with E-state index in [1.54, 1.807) is 0 Å². The highest BCUT2D eigenvalue weighted by atomic mass is 16.2. The Morgan fingerprint density at radius 2 is 1.95 bits per heavy atom. The first kappa shape index (κ1) is 14.8. The molecular formula is C14H28N4O. The normalized spacial score (nSPS) is 27.2. The highest BCUT2D eigenvalue weighted by molar-refractivity contribution is 5.81. The molecule has 0 aliphatic carbocycles. The lowest BCUT2D eigenvalue weighted by molar-refractivity contribution is -0.138. The van der Waals surface area contributed by atoms with Gasteiger partial charge in [0.15, 0.2) is 0 Å². The fraction of sp³-hybridized carbons (Fsp3) is 0.929. The van der Waals surface area contributed by atoms with Crippen molar-refractivity contribution in [3.8, 4) is 0 Å². The van der Waals surface area contributed by atoms with Crippen molar-refractivity contribution in [2.45, 2.75) is 26.7 Å². The predicted molar refractivity (Wildman–Crippen MR) is 76.6 cm³/mol. The van der Waals surface area contributed by atoms with E-state index in [9.17, 15) is 4.79 Å². The zero-order chi connectivity index (χ0) is 13.9. The topological polar surface area (TPSA) is 47.6 Å². The van der Waals surface area contributed by atoms with Gasteiger partial charge in [0.05, 0.1) is 0 Å². The Balaban J connectivity index is 1.87. The van der Waals surface area contributed by atoms with E-state index in [4.69, 9.17) is 0 Å². The minimum Gasteiger partial charge on any atom is -0.316 e. The lowest BCUT2D eigenvalue weighted by Crippen LogP contribution is -2.57. The van der Waals surface area contributed by atoms with Crippen LogP contribution in [0, 0.1) is 11.3 Å². The quantitative estimate of drug-likeness (QED) is 0.772. The number of nitrogens with one attached hydrogen (secondary N) is 2. The van der Waals surface area contributed by atoms with Crippen LogP contribution in [0.25, 0.3) is 0 Å². The molecule has 1 atom stereocenters. The second-order valence-corrected chi connectivity index (χ2v) is 6.50. The highest BCUT2D eigenvalue weighted by Crippen LogP contribution is 2.32. The predicted octanol–water partition coefficient (Wildman–Crippen LogP) is 0.291.